The molecule has 0 amide bonds. The number of benzene rings is 3. The summed E-state index contributed by atoms with van der Waals surface area (Å²) in [7, 11) is 0. The Hall–Kier alpha value is -2.87. The molecule has 1 aliphatic carbocycles. The fraction of sp³-hybridized carbons (Fsp3) is 0.174. The molecule has 3 aromatic carbocycles. The van der Waals surface area contributed by atoms with E-state index in [0.717, 1.165) is 5.69 Å². The smallest absolute Gasteiger partial charge is 0.178 e. The van der Waals surface area contributed by atoms with Gasteiger partial charge in [0.1, 0.15) is 0 Å². The fourth-order valence-corrected chi connectivity index (χ4v) is 5.39. The van der Waals surface area contributed by atoms with Crippen molar-refractivity contribution in [3.8, 4) is 0 Å². The molecule has 6 rings (SSSR count). The van der Waals surface area contributed by atoms with Crippen LogP contribution in [0.25, 0.3) is 10.8 Å². The SMILES string of the molecule is O=C1C=C[C@@H]2[C@H]3c4cccc5cccc(c45)[C@H]3[C@H]1N2c1ccccc1. The van der Waals surface area contributed by atoms with E-state index in [1.54, 1.807) is 0 Å². The summed E-state index contributed by atoms with van der Waals surface area (Å²) in [4.78, 5) is 15.3. The maximum absolute atomic E-state index is 12.9. The van der Waals surface area contributed by atoms with Crippen molar-refractivity contribution in [1.82, 2.24) is 0 Å². The number of anilines is 1. The van der Waals surface area contributed by atoms with E-state index in [9.17, 15) is 4.79 Å². The third-order valence-corrected chi connectivity index (χ3v) is 6.21. The number of nitrogens with zero attached hydrogens (tertiary/aromatic N) is 1. The molecule has 1 saturated heterocycles. The minimum Gasteiger partial charge on any atom is -0.353 e. The lowest BCUT2D eigenvalue weighted by Gasteiger charge is -2.34. The summed E-state index contributed by atoms with van der Waals surface area (Å²) in [6, 6.07) is 23.7. The van der Waals surface area contributed by atoms with Crippen molar-refractivity contribution in [2.75, 3.05) is 4.90 Å². The third-order valence-electron chi connectivity index (χ3n) is 6.21. The molecule has 3 aromatic rings. The van der Waals surface area contributed by atoms with Crippen LogP contribution in [-0.4, -0.2) is 17.9 Å². The standard InChI is InChI=1S/C23H17NO/c25-19-13-12-18-21-16-10-4-6-14-7-5-11-17(20(14)16)22(21)23(19)24(18)15-8-2-1-3-9-15/h1-13,18,21-23H/t18-,21-,22-,23+/m1/s1. The van der Waals surface area contributed by atoms with Gasteiger partial charge in [-0.15, -0.1) is 0 Å². The summed E-state index contributed by atoms with van der Waals surface area (Å²) < 4.78 is 0. The third kappa shape index (κ3) is 1.57. The average Bonchev–Trinajstić information content (AvgIpc) is 3.12. The van der Waals surface area contributed by atoms with E-state index >= 15 is 0 Å². The highest BCUT2D eigenvalue weighted by Crippen LogP contribution is 2.58. The minimum atomic E-state index is -0.0969. The van der Waals surface area contributed by atoms with Crippen molar-refractivity contribution in [1.29, 1.82) is 0 Å². The number of hydrogen-bond donors (Lipinski definition) is 0. The Bertz CT molecular complexity index is 1050. The molecular formula is C23H17NO. The molecule has 2 heteroatoms. The first kappa shape index (κ1) is 13.4. The highest BCUT2D eigenvalue weighted by atomic mass is 16.1. The van der Waals surface area contributed by atoms with Gasteiger partial charge < -0.3 is 4.90 Å². The van der Waals surface area contributed by atoms with Crippen molar-refractivity contribution in [3.05, 3.63) is 90.0 Å². The number of carbonyl (C=O) groups excluding carboxylic acids is 1. The Kier molecular flexibility index (Phi) is 2.47. The Labute approximate surface area is 146 Å². The van der Waals surface area contributed by atoms with Crippen LogP contribution in [0.15, 0.2) is 78.9 Å². The number of para-hydroxylation sites is 1. The van der Waals surface area contributed by atoms with Crippen molar-refractivity contribution in [3.63, 3.8) is 0 Å². The molecule has 1 fully saturated rings. The molecule has 2 heterocycles. The van der Waals surface area contributed by atoms with Gasteiger partial charge in [-0.25, -0.2) is 0 Å². The number of carbonyl (C=O) groups is 1. The van der Waals surface area contributed by atoms with Crippen LogP contribution in [0.5, 0.6) is 0 Å². The molecule has 4 atom stereocenters. The number of rotatable bonds is 1. The average molecular weight is 323 g/mol. The number of ketones is 1. The van der Waals surface area contributed by atoms with Gasteiger partial charge in [0.2, 0.25) is 0 Å². The van der Waals surface area contributed by atoms with Crippen molar-refractivity contribution in [2.24, 2.45) is 0 Å². The first-order valence-corrected chi connectivity index (χ1v) is 8.91. The number of hydrogen-bond acceptors (Lipinski definition) is 2. The first-order chi connectivity index (χ1) is 12.3. The summed E-state index contributed by atoms with van der Waals surface area (Å²) in [6.45, 7) is 0. The summed E-state index contributed by atoms with van der Waals surface area (Å²) >= 11 is 0. The lowest BCUT2D eigenvalue weighted by molar-refractivity contribution is -0.116. The van der Waals surface area contributed by atoms with Crippen LogP contribution >= 0.6 is 0 Å². The normalized spacial score (nSPS) is 28.6. The molecule has 2 bridgehead atoms. The van der Waals surface area contributed by atoms with Gasteiger partial charge in [-0.05, 0) is 40.1 Å². The second-order valence-corrected chi connectivity index (χ2v) is 7.28. The van der Waals surface area contributed by atoms with E-state index in [1.165, 1.54) is 21.9 Å². The molecule has 2 nitrogen and oxygen atoms in total. The summed E-state index contributed by atoms with van der Waals surface area (Å²) in [5.41, 5.74) is 3.91. The zero-order valence-electron chi connectivity index (χ0n) is 13.7. The van der Waals surface area contributed by atoms with Crippen LogP contribution in [0.3, 0.4) is 0 Å². The zero-order valence-corrected chi connectivity index (χ0v) is 13.7. The monoisotopic (exact) mass is 323 g/mol. The molecule has 2 aliphatic heterocycles. The van der Waals surface area contributed by atoms with Crippen LogP contribution in [0.1, 0.15) is 23.0 Å². The van der Waals surface area contributed by atoms with Gasteiger partial charge >= 0.3 is 0 Å². The van der Waals surface area contributed by atoms with Gasteiger partial charge in [0.05, 0.1) is 12.1 Å². The Morgan fingerprint density at radius 2 is 1.48 bits per heavy atom. The Morgan fingerprint density at radius 1 is 0.760 bits per heavy atom. The van der Waals surface area contributed by atoms with Gasteiger partial charge in [0, 0.05) is 17.5 Å². The van der Waals surface area contributed by atoms with E-state index in [0.29, 0.717) is 5.92 Å². The quantitative estimate of drug-likeness (QED) is 0.661. The summed E-state index contributed by atoms with van der Waals surface area (Å²) in [5.74, 6) is 0.834. The van der Waals surface area contributed by atoms with E-state index in [-0.39, 0.29) is 23.8 Å². The van der Waals surface area contributed by atoms with Gasteiger partial charge in [-0.1, -0.05) is 60.7 Å². The number of fused-ring (bicyclic) bond motifs is 7. The summed E-state index contributed by atoms with van der Waals surface area (Å²) in [5, 5.41) is 2.68. The van der Waals surface area contributed by atoms with Crippen LogP contribution in [0.2, 0.25) is 0 Å². The second kappa shape index (κ2) is 4.60. The van der Waals surface area contributed by atoms with E-state index in [2.05, 4.69) is 71.6 Å². The highest BCUT2D eigenvalue weighted by molar-refractivity contribution is 6.03. The maximum Gasteiger partial charge on any atom is 0.178 e. The highest BCUT2D eigenvalue weighted by Gasteiger charge is 2.56. The van der Waals surface area contributed by atoms with Gasteiger partial charge in [-0.3, -0.25) is 4.79 Å². The predicted octanol–water partition coefficient (Wildman–Crippen LogP) is 4.42. The van der Waals surface area contributed by atoms with Gasteiger partial charge in [0.15, 0.2) is 5.78 Å². The van der Waals surface area contributed by atoms with Crippen molar-refractivity contribution in [2.45, 2.75) is 23.9 Å². The molecular weight excluding hydrogens is 306 g/mol. The molecule has 0 unspecified atom stereocenters. The second-order valence-electron chi connectivity index (χ2n) is 7.28. The topological polar surface area (TPSA) is 20.3 Å². The molecule has 0 saturated carbocycles. The largest absolute Gasteiger partial charge is 0.353 e. The van der Waals surface area contributed by atoms with Crippen molar-refractivity contribution >= 4 is 22.2 Å². The predicted molar refractivity (Wildman–Crippen MR) is 100 cm³/mol. The lowest BCUT2D eigenvalue weighted by Crippen LogP contribution is -2.44. The first-order valence-electron chi connectivity index (χ1n) is 8.91. The maximum atomic E-state index is 12.9. The molecule has 0 aromatic heterocycles. The Balaban J connectivity index is 1.62. The van der Waals surface area contributed by atoms with Crippen LogP contribution in [0, 0.1) is 0 Å². The summed E-state index contributed by atoms with van der Waals surface area (Å²) in [6.07, 6.45) is 3.94. The van der Waals surface area contributed by atoms with Crippen molar-refractivity contribution < 1.29 is 4.79 Å². The zero-order chi connectivity index (χ0) is 16.5. The molecule has 0 spiro atoms. The lowest BCUT2D eigenvalue weighted by atomic mass is 9.85. The molecule has 0 radical (unpaired) electrons. The van der Waals surface area contributed by atoms with Crippen LogP contribution in [0.4, 0.5) is 5.69 Å². The molecule has 3 aliphatic rings. The molecule has 25 heavy (non-hydrogen) atoms. The minimum absolute atomic E-state index is 0.0969. The molecule has 120 valence electrons. The molecule has 0 N–H and O–H groups in total. The van der Waals surface area contributed by atoms with Gasteiger partial charge in [0.25, 0.3) is 0 Å². The van der Waals surface area contributed by atoms with E-state index in [1.807, 2.05) is 12.1 Å². The Morgan fingerprint density at radius 3 is 2.24 bits per heavy atom. The van der Waals surface area contributed by atoms with E-state index in [4.69, 9.17) is 0 Å². The van der Waals surface area contributed by atoms with E-state index < -0.39 is 0 Å². The van der Waals surface area contributed by atoms with Crippen LogP contribution < -0.4 is 4.90 Å². The van der Waals surface area contributed by atoms with Crippen LogP contribution in [-0.2, 0) is 4.79 Å². The van der Waals surface area contributed by atoms with Gasteiger partial charge in [-0.2, -0.15) is 0 Å². The fourth-order valence-electron chi connectivity index (χ4n) is 5.39.